The van der Waals surface area contributed by atoms with Crippen LogP contribution in [0.2, 0.25) is 0 Å². The van der Waals surface area contributed by atoms with Gasteiger partial charge in [0, 0.05) is 26.3 Å². The molecule has 26 heavy (non-hydrogen) atoms. The van der Waals surface area contributed by atoms with E-state index in [1.54, 1.807) is 0 Å². The highest BCUT2D eigenvalue weighted by molar-refractivity contribution is 5.90. The van der Waals surface area contributed by atoms with E-state index >= 15 is 0 Å². The van der Waals surface area contributed by atoms with E-state index in [9.17, 15) is 4.79 Å². The average Bonchev–Trinajstić information content (AvgIpc) is 2.66. The molecular formula is C23H26N2O. The molecule has 1 amide bonds. The van der Waals surface area contributed by atoms with Crippen molar-refractivity contribution in [2.75, 3.05) is 25.5 Å². The van der Waals surface area contributed by atoms with Crippen LogP contribution in [0, 0.1) is 0 Å². The smallest absolute Gasteiger partial charge is 0.224 e. The van der Waals surface area contributed by atoms with Crippen LogP contribution in [-0.4, -0.2) is 26.5 Å². The van der Waals surface area contributed by atoms with Gasteiger partial charge in [0.25, 0.3) is 0 Å². The molecule has 0 saturated carbocycles. The number of anilines is 1. The Hall–Kier alpha value is -2.81. The maximum atomic E-state index is 12.3. The van der Waals surface area contributed by atoms with Crippen LogP contribution in [0.25, 0.3) is 10.8 Å². The fraction of sp³-hybridized carbons (Fsp3) is 0.261. The van der Waals surface area contributed by atoms with E-state index in [-0.39, 0.29) is 5.91 Å². The summed E-state index contributed by atoms with van der Waals surface area (Å²) in [6.45, 7) is 0.707. The number of hydrogen-bond acceptors (Lipinski definition) is 2. The molecule has 3 heteroatoms. The zero-order valence-electron chi connectivity index (χ0n) is 15.5. The lowest BCUT2D eigenvalue weighted by atomic mass is 10.0. The second kappa shape index (κ2) is 8.52. The maximum absolute atomic E-state index is 12.3. The monoisotopic (exact) mass is 346 g/mol. The first kappa shape index (κ1) is 18.0. The molecular weight excluding hydrogens is 320 g/mol. The summed E-state index contributed by atoms with van der Waals surface area (Å²) < 4.78 is 0. The molecule has 0 saturated heterocycles. The highest BCUT2D eigenvalue weighted by atomic mass is 16.1. The van der Waals surface area contributed by atoms with Gasteiger partial charge in [-0.2, -0.15) is 0 Å². The van der Waals surface area contributed by atoms with Crippen molar-refractivity contribution in [2.24, 2.45) is 0 Å². The van der Waals surface area contributed by atoms with Crippen molar-refractivity contribution in [3.63, 3.8) is 0 Å². The molecule has 3 aromatic rings. The highest BCUT2D eigenvalue weighted by Gasteiger charge is 2.06. The lowest BCUT2D eigenvalue weighted by Crippen LogP contribution is -2.26. The SMILES string of the molecule is CN(C)c1ccc(CCCNC(=O)Cc2cccc3ccccc23)cc1. The average molecular weight is 346 g/mol. The van der Waals surface area contributed by atoms with Gasteiger partial charge in [-0.3, -0.25) is 4.79 Å². The summed E-state index contributed by atoms with van der Waals surface area (Å²) in [5.74, 6) is 0.0873. The number of carbonyl (C=O) groups is 1. The predicted molar refractivity (Wildman–Crippen MR) is 110 cm³/mol. The van der Waals surface area contributed by atoms with E-state index in [0.717, 1.165) is 23.8 Å². The Kier molecular flexibility index (Phi) is 5.90. The molecule has 0 aliphatic heterocycles. The number of nitrogens with one attached hydrogen (secondary N) is 1. The third-order valence-corrected chi connectivity index (χ3v) is 4.65. The number of rotatable bonds is 7. The van der Waals surface area contributed by atoms with Gasteiger partial charge < -0.3 is 10.2 Å². The van der Waals surface area contributed by atoms with Crippen molar-refractivity contribution in [1.82, 2.24) is 5.32 Å². The van der Waals surface area contributed by atoms with Crippen molar-refractivity contribution < 1.29 is 4.79 Å². The normalized spacial score (nSPS) is 10.7. The zero-order chi connectivity index (χ0) is 18.4. The lowest BCUT2D eigenvalue weighted by Gasteiger charge is -2.12. The molecule has 0 heterocycles. The van der Waals surface area contributed by atoms with E-state index < -0.39 is 0 Å². The first-order valence-electron chi connectivity index (χ1n) is 9.13. The van der Waals surface area contributed by atoms with Gasteiger partial charge >= 0.3 is 0 Å². The van der Waals surface area contributed by atoms with Gasteiger partial charge in [0.2, 0.25) is 5.91 Å². The summed E-state index contributed by atoms with van der Waals surface area (Å²) in [5, 5.41) is 5.39. The molecule has 0 aliphatic rings. The summed E-state index contributed by atoms with van der Waals surface area (Å²) in [6, 6.07) is 22.9. The number of nitrogens with zero attached hydrogens (tertiary/aromatic N) is 1. The van der Waals surface area contributed by atoms with Gasteiger partial charge in [-0.25, -0.2) is 0 Å². The largest absolute Gasteiger partial charge is 0.378 e. The molecule has 0 bridgehead atoms. The molecule has 3 aromatic carbocycles. The van der Waals surface area contributed by atoms with Gasteiger partial charge in [0.15, 0.2) is 0 Å². The number of hydrogen-bond donors (Lipinski definition) is 1. The van der Waals surface area contributed by atoms with Crippen LogP contribution in [0.4, 0.5) is 5.69 Å². The Labute approximate surface area is 155 Å². The molecule has 3 nitrogen and oxygen atoms in total. The van der Waals surface area contributed by atoms with Gasteiger partial charge in [-0.15, -0.1) is 0 Å². The number of benzene rings is 3. The topological polar surface area (TPSA) is 32.3 Å². The van der Waals surface area contributed by atoms with Crippen molar-refractivity contribution in [3.05, 3.63) is 77.9 Å². The minimum Gasteiger partial charge on any atom is -0.378 e. The Bertz CT molecular complexity index is 864. The summed E-state index contributed by atoms with van der Waals surface area (Å²) in [7, 11) is 4.08. The predicted octanol–water partition coefficient (Wildman–Crippen LogP) is 4.20. The van der Waals surface area contributed by atoms with E-state index in [0.29, 0.717) is 13.0 Å². The van der Waals surface area contributed by atoms with Crippen molar-refractivity contribution in [1.29, 1.82) is 0 Å². The summed E-state index contributed by atoms with van der Waals surface area (Å²) in [4.78, 5) is 14.4. The van der Waals surface area contributed by atoms with Gasteiger partial charge in [-0.05, 0) is 46.9 Å². The van der Waals surface area contributed by atoms with Crippen LogP contribution in [-0.2, 0) is 17.6 Å². The minimum absolute atomic E-state index is 0.0873. The molecule has 0 spiro atoms. The van der Waals surface area contributed by atoms with E-state index in [4.69, 9.17) is 0 Å². The Balaban J connectivity index is 1.47. The number of carbonyl (C=O) groups excluding carboxylic acids is 1. The van der Waals surface area contributed by atoms with Gasteiger partial charge in [0.1, 0.15) is 0 Å². The minimum atomic E-state index is 0.0873. The summed E-state index contributed by atoms with van der Waals surface area (Å²) >= 11 is 0. The Morgan fingerprint density at radius 2 is 1.65 bits per heavy atom. The molecule has 0 atom stereocenters. The van der Waals surface area contributed by atoms with Crippen LogP contribution < -0.4 is 10.2 Å². The fourth-order valence-electron chi connectivity index (χ4n) is 3.16. The van der Waals surface area contributed by atoms with Gasteiger partial charge in [0.05, 0.1) is 6.42 Å². The van der Waals surface area contributed by atoms with E-state index in [1.807, 2.05) is 38.4 Å². The van der Waals surface area contributed by atoms with Gasteiger partial charge in [-0.1, -0.05) is 54.6 Å². The van der Waals surface area contributed by atoms with E-state index in [1.165, 1.54) is 16.6 Å². The number of aryl methyl sites for hydroxylation is 1. The second-order valence-electron chi connectivity index (χ2n) is 6.83. The first-order valence-corrected chi connectivity index (χ1v) is 9.13. The molecule has 0 aliphatic carbocycles. The fourth-order valence-corrected chi connectivity index (χ4v) is 3.16. The molecule has 0 aromatic heterocycles. The first-order chi connectivity index (χ1) is 12.6. The summed E-state index contributed by atoms with van der Waals surface area (Å²) in [5.41, 5.74) is 3.59. The zero-order valence-corrected chi connectivity index (χ0v) is 15.5. The maximum Gasteiger partial charge on any atom is 0.224 e. The molecule has 0 radical (unpaired) electrons. The lowest BCUT2D eigenvalue weighted by molar-refractivity contribution is -0.120. The molecule has 3 rings (SSSR count). The molecule has 1 N–H and O–H groups in total. The van der Waals surface area contributed by atoms with E-state index in [2.05, 4.69) is 52.7 Å². The Morgan fingerprint density at radius 1 is 0.923 bits per heavy atom. The van der Waals surface area contributed by atoms with Crippen molar-refractivity contribution >= 4 is 22.4 Å². The van der Waals surface area contributed by atoms with Crippen LogP contribution in [0.15, 0.2) is 66.7 Å². The quantitative estimate of drug-likeness (QED) is 0.650. The molecule has 134 valence electrons. The Morgan fingerprint density at radius 3 is 2.42 bits per heavy atom. The van der Waals surface area contributed by atoms with Crippen molar-refractivity contribution in [2.45, 2.75) is 19.3 Å². The van der Waals surface area contributed by atoms with Crippen LogP contribution in [0.3, 0.4) is 0 Å². The summed E-state index contributed by atoms with van der Waals surface area (Å²) in [6.07, 6.45) is 2.35. The highest BCUT2D eigenvalue weighted by Crippen LogP contribution is 2.19. The standard InChI is InChI=1S/C23H26N2O/c1-25(2)21-14-12-18(13-15-21)7-6-16-24-23(26)17-20-10-5-9-19-8-3-4-11-22(19)20/h3-5,8-15H,6-7,16-17H2,1-2H3,(H,24,26). The second-order valence-corrected chi connectivity index (χ2v) is 6.83. The van der Waals surface area contributed by atoms with Crippen LogP contribution >= 0.6 is 0 Å². The molecule has 0 fully saturated rings. The molecule has 0 unspecified atom stereocenters. The number of amides is 1. The van der Waals surface area contributed by atoms with Crippen molar-refractivity contribution in [3.8, 4) is 0 Å². The van der Waals surface area contributed by atoms with Crippen LogP contribution in [0.5, 0.6) is 0 Å². The van der Waals surface area contributed by atoms with Crippen LogP contribution in [0.1, 0.15) is 17.5 Å². The third-order valence-electron chi connectivity index (χ3n) is 4.65. The third kappa shape index (κ3) is 4.63. The number of fused-ring (bicyclic) bond motifs is 1.